The van der Waals surface area contributed by atoms with Crippen molar-refractivity contribution in [3.8, 4) is 0 Å². The molecule has 1 aromatic rings. The molecule has 88 valence electrons. The number of aromatic nitrogens is 2. The molecule has 1 fully saturated rings. The van der Waals surface area contributed by atoms with Gasteiger partial charge < -0.3 is 15.6 Å². The number of carbonyl (C=O) groups is 1. The van der Waals surface area contributed by atoms with E-state index >= 15 is 0 Å². The zero-order valence-corrected chi connectivity index (χ0v) is 9.33. The topological polar surface area (TPSA) is 69.8 Å². The van der Waals surface area contributed by atoms with E-state index in [0.29, 0.717) is 12.5 Å². The third-order valence-corrected chi connectivity index (χ3v) is 2.55. The van der Waals surface area contributed by atoms with E-state index in [9.17, 15) is 4.79 Å². The summed E-state index contributed by atoms with van der Waals surface area (Å²) >= 11 is 0. The second kappa shape index (κ2) is 5.65. The van der Waals surface area contributed by atoms with Gasteiger partial charge in [-0.2, -0.15) is 0 Å². The molecular formula is C11H18N4O. The third-order valence-electron chi connectivity index (χ3n) is 2.55. The molecule has 0 bridgehead atoms. The van der Waals surface area contributed by atoms with Crippen LogP contribution in [0.25, 0.3) is 0 Å². The number of rotatable bonds is 7. The second-order valence-corrected chi connectivity index (χ2v) is 4.16. The van der Waals surface area contributed by atoms with Gasteiger partial charge in [0.25, 0.3) is 0 Å². The van der Waals surface area contributed by atoms with Crippen molar-refractivity contribution in [2.75, 3.05) is 6.54 Å². The van der Waals surface area contributed by atoms with Crippen LogP contribution in [-0.4, -0.2) is 28.5 Å². The Morgan fingerprint density at radius 2 is 2.44 bits per heavy atom. The third kappa shape index (κ3) is 4.02. The fourth-order valence-corrected chi connectivity index (χ4v) is 1.50. The minimum absolute atomic E-state index is 0.183. The van der Waals surface area contributed by atoms with Crippen molar-refractivity contribution in [2.45, 2.75) is 38.3 Å². The zero-order chi connectivity index (χ0) is 11.2. The summed E-state index contributed by atoms with van der Waals surface area (Å²) in [6, 6.07) is 0.476. The zero-order valence-electron chi connectivity index (χ0n) is 9.33. The Labute approximate surface area is 95.0 Å². The highest BCUT2D eigenvalue weighted by Crippen LogP contribution is 2.18. The Morgan fingerprint density at radius 1 is 1.56 bits per heavy atom. The van der Waals surface area contributed by atoms with Crippen LogP contribution in [0.3, 0.4) is 0 Å². The molecule has 0 radical (unpaired) electrons. The highest BCUT2D eigenvalue weighted by molar-refractivity contribution is 5.76. The fourth-order valence-electron chi connectivity index (χ4n) is 1.50. The minimum Gasteiger partial charge on any atom is -0.353 e. The molecule has 2 rings (SSSR count). The van der Waals surface area contributed by atoms with Crippen molar-refractivity contribution in [2.24, 2.45) is 0 Å². The molecule has 5 nitrogen and oxygen atoms in total. The maximum atomic E-state index is 11.3. The van der Waals surface area contributed by atoms with E-state index in [2.05, 4.69) is 20.6 Å². The number of hydrogen-bond acceptors (Lipinski definition) is 3. The highest BCUT2D eigenvalue weighted by Gasteiger charge is 2.22. The van der Waals surface area contributed by atoms with Crippen LogP contribution in [0.1, 0.15) is 31.5 Å². The summed E-state index contributed by atoms with van der Waals surface area (Å²) in [5, 5.41) is 6.21. The number of hydrogen-bond donors (Lipinski definition) is 3. The van der Waals surface area contributed by atoms with E-state index in [-0.39, 0.29) is 5.91 Å². The number of aromatic amines is 1. The fraction of sp³-hybridized carbons (Fsp3) is 0.636. The normalized spacial score (nSPS) is 15.0. The van der Waals surface area contributed by atoms with Crippen molar-refractivity contribution in [3.63, 3.8) is 0 Å². The summed E-state index contributed by atoms with van der Waals surface area (Å²) in [7, 11) is 0. The number of amides is 1. The summed E-state index contributed by atoms with van der Waals surface area (Å²) in [6.45, 7) is 1.58. The number of nitrogens with one attached hydrogen (secondary N) is 3. The molecule has 1 aliphatic carbocycles. The SMILES string of the molecule is O=C(CCCNCc1ncc[nH]1)NC1CC1. The van der Waals surface area contributed by atoms with Crippen LogP contribution in [-0.2, 0) is 11.3 Å². The van der Waals surface area contributed by atoms with Gasteiger partial charge in [-0.15, -0.1) is 0 Å². The molecule has 0 saturated heterocycles. The van der Waals surface area contributed by atoms with Gasteiger partial charge in [-0.05, 0) is 25.8 Å². The summed E-state index contributed by atoms with van der Waals surface area (Å²) in [5.41, 5.74) is 0. The molecule has 0 unspecified atom stereocenters. The molecule has 5 heteroatoms. The van der Waals surface area contributed by atoms with Gasteiger partial charge in [-0.1, -0.05) is 0 Å². The van der Waals surface area contributed by atoms with Crippen LogP contribution >= 0.6 is 0 Å². The molecule has 0 aliphatic heterocycles. The lowest BCUT2D eigenvalue weighted by molar-refractivity contribution is -0.121. The molecule has 0 atom stereocenters. The van der Waals surface area contributed by atoms with Crippen molar-refractivity contribution < 1.29 is 4.79 Å². The summed E-state index contributed by atoms with van der Waals surface area (Å²) in [6.07, 6.45) is 7.34. The quantitative estimate of drug-likeness (QED) is 0.590. The van der Waals surface area contributed by atoms with E-state index in [4.69, 9.17) is 0 Å². The smallest absolute Gasteiger partial charge is 0.220 e. The minimum atomic E-state index is 0.183. The molecule has 1 amide bonds. The van der Waals surface area contributed by atoms with E-state index in [0.717, 1.165) is 38.2 Å². The molecule has 3 N–H and O–H groups in total. The van der Waals surface area contributed by atoms with Crippen molar-refractivity contribution in [1.82, 2.24) is 20.6 Å². The molecule has 1 saturated carbocycles. The number of carbonyl (C=O) groups excluding carboxylic acids is 1. The van der Waals surface area contributed by atoms with Crippen LogP contribution in [0.5, 0.6) is 0 Å². The van der Waals surface area contributed by atoms with Crippen LogP contribution < -0.4 is 10.6 Å². The number of nitrogens with zero attached hydrogens (tertiary/aromatic N) is 1. The standard InChI is InChI=1S/C11H18N4O/c16-11(15-9-3-4-9)2-1-5-12-8-10-13-6-7-14-10/h6-7,9,12H,1-5,8H2,(H,13,14)(H,15,16). The van der Waals surface area contributed by atoms with Crippen LogP contribution in [0, 0.1) is 0 Å². The summed E-state index contributed by atoms with van der Waals surface area (Å²) < 4.78 is 0. The van der Waals surface area contributed by atoms with Crippen molar-refractivity contribution in [3.05, 3.63) is 18.2 Å². The first-order chi connectivity index (χ1) is 7.84. The Kier molecular flexibility index (Phi) is 3.93. The number of H-pyrrole nitrogens is 1. The second-order valence-electron chi connectivity index (χ2n) is 4.16. The van der Waals surface area contributed by atoms with E-state index in [1.165, 1.54) is 0 Å². The predicted molar refractivity (Wildman–Crippen MR) is 60.7 cm³/mol. The first-order valence-corrected chi connectivity index (χ1v) is 5.83. The largest absolute Gasteiger partial charge is 0.353 e. The average Bonchev–Trinajstić information content (AvgIpc) is 2.93. The molecule has 0 aromatic carbocycles. The lowest BCUT2D eigenvalue weighted by atomic mass is 10.3. The van der Waals surface area contributed by atoms with E-state index in [1.54, 1.807) is 12.4 Å². The van der Waals surface area contributed by atoms with Crippen molar-refractivity contribution in [1.29, 1.82) is 0 Å². The highest BCUT2D eigenvalue weighted by atomic mass is 16.1. The van der Waals surface area contributed by atoms with E-state index in [1.807, 2.05) is 0 Å². The van der Waals surface area contributed by atoms with Crippen LogP contribution in [0.15, 0.2) is 12.4 Å². The van der Waals surface area contributed by atoms with Crippen molar-refractivity contribution >= 4 is 5.91 Å². The van der Waals surface area contributed by atoms with Crippen LogP contribution in [0.4, 0.5) is 0 Å². The lowest BCUT2D eigenvalue weighted by Gasteiger charge is -2.04. The first kappa shape index (κ1) is 11.1. The maximum Gasteiger partial charge on any atom is 0.220 e. The van der Waals surface area contributed by atoms with Gasteiger partial charge in [0.1, 0.15) is 5.82 Å². The summed E-state index contributed by atoms with van der Waals surface area (Å²) in [4.78, 5) is 18.4. The first-order valence-electron chi connectivity index (χ1n) is 5.83. The Morgan fingerprint density at radius 3 is 3.12 bits per heavy atom. The van der Waals surface area contributed by atoms with Gasteiger partial charge in [-0.3, -0.25) is 4.79 Å². The monoisotopic (exact) mass is 222 g/mol. The summed E-state index contributed by atoms with van der Waals surface area (Å²) in [5.74, 6) is 1.12. The average molecular weight is 222 g/mol. The lowest BCUT2D eigenvalue weighted by Crippen LogP contribution is -2.26. The van der Waals surface area contributed by atoms with E-state index < -0.39 is 0 Å². The molecular weight excluding hydrogens is 204 g/mol. The molecule has 0 spiro atoms. The number of imidazole rings is 1. The maximum absolute atomic E-state index is 11.3. The Hall–Kier alpha value is -1.36. The van der Waals surface area contributed by atoms with Crippen LogP contribution in [0.2, 0.25) is 0 Å². The molecule has 16 heavy (non-hydrogen) atoms. The van der Waals surface area contributed by atoms with Gasteiger partial charge in [0.15, 0.2) is 0 Å². The Balaban J connectivity index is 1.46. The Bertz CT molecular complexity index is 319. The predicted octanol–water partition coefficient (Wildman–Crippen LogP) is 0.558. The van der Waals surface area contributed by atoms with Gasteiger partial charge >= 0.3 is 0 Å². The van der Waals surface area contributed by atoms with Gasteiger partial charge in [-0.25, -0.2) is 4.98 Å². The molecule has 1 heterocycles. The molecule has 1 aromatic heterocycles. The van der Waals surface area contributed by atoms with Gasteiger partial charge in [0, 0.05) is 24.9 Å². The van der Waals surface area contributed by atoms with Gasteiger partial charge in [0.2, 0.25) is 5.91 Å². The van der Waals surface area contributed by atoms with Gasteiger partial charge in [0.05, 0.1) is 6.54 Å². The molecule has 1 aliphatic rings.